The van der Waals surface area contributed by atoms with Gasteiger partial charge < -0.3 is 10.6 Å². The Labute approximate surface area is 133 Å². The number of aromatic nitrogens is 4. The molecule has 0 aliphatic rings. The highest BCUT2D eigenvalue weighted by atomic mass is 16.1. The maximum absolute atomic E-state index is 12.3. The van der Waals surface area contributed by atoms with Crippen molar-refractivity contribution in [2.24, 2.45) is 0 Å². The van der Waals surface area contributed by atoms with Crippen LogP contribution in [0, 0.1) is 11.3 Å². The van der Waals surface area contributed by atoms with E-state index in [4.69, 9.17) is 5.26 Å². The number of nitrogens with zero attached hydrogens (tertiary/aromatic N) is 4. The van der Waals surface area contributed by atoms with Gasteiger partial charge in [0.15, 0.2) is 0 Å². The molecule has 1 aromatic carbocycles. The van der Waals surface area contributed by atoms with Crippen LogP contribution in [-0.4, -0.2) is 32.1 Å². The predicted octanol–water partition coefficient (Wildman–Crippen LogP) is 1.70. The van der Waals surface area contributed by atoms with E-state index >= 15 is 0 Å². The molecule has 0 unspecified atom stereocenters. The number of hydrogen-bond acceptors (Lipinski definition) is 6. The second kappa shape index (κ2) is 6.70. The van der Waals surface area contributed by atoms with Crippen LogP contribution in [-0.2, 0) is 0 Å². The van der Waals surface area contributed by atoms with Crippen molar-refractivity contribution in [3.8, 4) is 6.07 Å². The number of H-pyrrole nitrogens is 1. The number of carbonyl (C=O) groups is 1. The Morgan fingerprint density at radius 3 is 2.70 bits per heavy atom. The second-order valence-corrected chi connectivity index (χ2v) is 5.80. The lowest BCUT2D eigenvalue weighted by molar-refractivity contribution is 0.0920. The maximum atomic E-state index is 12.3. The van der Waals surface area contributed by atoms with Gasteiger partial charge in [-0.1, -0.05) is 12.1 Å². The van der Waals surface area contributed by atoms with Crippen molar-refractivity contribution in [3.63, 3.8) is 0 Å². The van der Waals surface area contributed by atoms with Crippen molar-refractivity contribution in [1.29, 1.82) is 5.26 Å². The Kier molecular flexibility index (Phi) is 4.71. The zero-order chi connectivity index (χ0) is 16.9. The van der Waals surface area contributed by atoms with E-state index < -0.39 is 0 Å². The Balaban J connectivity index is 2.24. The smallest absolute Gasteiger partial charge is 0.253 e. The molecule has 0 spiro atoms. The van der Waals surface area contributed by atoms with Crippen molar-refractivity contribution in [1.82, 2.24) is 25.9 Å². The molecule has 0 radical (unpaired) electrons. The van der Waals surface area contributed by atoms with E-state index in [-0.39, 0.29) is 22.8 Å². The van der Waals surface area contributed by atoms with Gasteiger partial charge in [-0.25, -0.2) is 0 Å². The molecule has 23 heavy (non-hydrogen) atoms. The van der Waals surface area contributed by atoms with Crippen LogP contribution in [0.1, 0.15) is 37.0 Å². The molecule has 1 aromatic heterocycles. The van der Waals surface area contributed by atoms with Crippen LogP contribution < -0.4 is 10.6 Å². The average Bonchev–Trinajstić information content (AvgIpc) is 3.01. The molecule has 8 heteroatoms. The van der Waals surface area contributed by atoms with E-state index in [0.717, 1.165) is 0 Å². The molecule has 2 aromatic rings. The number of rotatable bonds is 4. The number of amides is 1. The SMILES string of the molecule is CC(C)(C)NC(=O)c1ccccc1NC=C(C#N)c1nn[nH]n1. The molecule has 3 N–H and O–H groups in total. The summed E-state index contributed by atoms with van der Waals surface area (Å²) in [5.74, 6) is -0.0244. The third kappa shape index (κ3) is 4.38. The van der Waals surface area contributed by atoms with Crippen LogP contribution in [0.2, 0.25) is 0 Å². The maximum Gasteiger partial charge on any atom is 0.253 e. The van der Waals surface area contributed by atoms with E-state index in [0.29, 0.717) is 11.3 Å². The Morgan fingerprint density at radius 1 is 1.35 bits per heavy atom. The number of tetrazole rings is 1. The van der Waals surface area contributed by atoms with Gasteiger partial charge in [-0.3, -0.25) is 4.79 Å². The largest absolute Gasteiger partial charge is 0.360 e. The van der Waals surface area contributed by atoms with Gasteiger partial charge in [0.1, 0.15) is 11.6 Å². The normalized spacial score (nSPS) is 11.7. The quantitative estimate of drug-likeness (QED) is 0.739. The molecule has 1 amide bonds. The number of anilines is 1. The first-order chi connectivity index (χ1) is 10.9. The van der Waals surface area contributed by atoms with Crippen LogP contribution in [0.5, 0.6) is 0 Å². The van der Waals surface area contributed by atoms with Crippen LogP contribution in [0.25, 0.3) is 5.57 Å². The number of carbonyl (C=O) groups excluding carboxylic acids is 1. The molecule has 0 saturated heterocycles. The summed E-state index contributed by atoms with van der Waals surface area (Å²) in [5, 5.41) is 28.2. The first-order valence-electron chi connectivity index (χ1n) is 6.93. The van der Waals surface area contributed by atoms with E-state index in [9.17, 15) is 4.79 Å². The lowest BCUT2D eigenvalue weighted by Gasteiger charge is -2.21. The third-order valence-corrected chi connectivity index (χ3v) is 2.74. The number of benzene rings is 1. The zero-order valence-electron chi connectivity index (χ0n) is 13.1. The highest BCUT2D eigenvalue weighted by Gasteiger charge is 2.17. The second-order valence-electron chi connectivity index (χ2n) is 5.80. The monoisotopic (exact) mass is 311 g/mol. The first kappa shape index (κ1) is 16.2. The summed E-state index contributed by atoms with van der Waals surface area (Å²) in [6, 6.07) is 9.00. The molecular weight excluding hydrogens is 294 g/mol. The van der Waals surface area contributed by atoms with E-state index in [1.165, 1.54) is 6.20 Å². The van der Waals surface area contributed by atoms with Crippen molar-refractivity contribution in [3.05, 3.63) is 41.9 Å². The molecule has 118 valence electrons. The molecule has 1 heterocycles. The number of nitrogens with one attached hydrogen (secondary N) is 3. The minimum Gasteiger partial charge on any atom is -0.360 e. The molecule has 0 fully saturated rings. The van der Waals surface area contributed by atoms with Crippen LogP contribution in [0.3, 0.4) is 0 Å². The Bertz CT molecular complexity index is 751. The molecule has 0 aliphatic heterocycles. The summed E-state index contributed by atoms with van der Waals surface area (Å²) < 4.78 is 0. The van der Waals surface area contributed by atoms with Gasteiger partial charge in [-0.05, 0) is 38.1 Å². The average molecular weight is 311 g/mol. The zero-order valence-corrected chi connectivity index (χ0v) is 13.1. The fourth-order valence-corrected chi connectivity index (χ4v) is 1.79. The van der Waals surface area contributed by atoms with E-state index in [1.807, 2.05) is 26.8 Å². The Hall–Kier alpha value is -3.21. The van der Waals surface area contributed by atoms with Gasteiger partial charge in [0.25, 0.3) is 5.91 Å². The lowest BCUT2D eigenvalue weighted by atomic mass is 10.1. The lowest BCUT2D eigenvalue weighted by Crippen LogP contribution is -2.40. The minimum atomic E-state index is -0.345. The number of nitriles is 1. The van der Waals surface area contributed by atoms with Crippen LogP contribution in [0.15, 0.2) is 30.5 Å². The van der Waals surface area contributed by atoms with Crippen LogP contribution >= 0.6 is 0 Å². The van der Waals surface area contributed by atoms with Gasteiger partial charge in [0, 0.05) is 11.7 Å². The number of para-hydroxylation sites is 1. The molecule has 8 nitrogen and oxygen atoms in total. The van der Waals surface area contributed by atoms with E-state index in [2.05, 4.69) is 31.3 Å². The number of hydrogen-bond donors (Lipinski definition) is 3. The van der Waals surface area contributed by atoms with Gasteiger partial charge in [-0.15, -0.1) is 10.2 Å². The topological polar surface area (TPSA) is 119 Å². The Morgan fingerprint density at radius 2 is 2.09 bits per heavy atom. The molecule has 0 atom stereocenters. The fourth-order valence-electron chi connectivity index (χ4n) is 1.79. The molecule has 0 aliphatic carbocycles. The summed E-state index contributed by atoms with van der Waals surface area (Å²) in [7, 11) is 0. The van der Waals surface area contributed by atoms with Gasteiger partial charge >= 0.3 is 0 Å². The number of aromatic amines is 1. The van der Waals surface area contributed by atoms with Crippen molar-refractivity contribution in [2.45, 2.75) is 26.3 Å². The molecular formula is C15H17N7O. The third-order valence-electron chi connectivity index (χ3n) is 2.74. The highest BCUT2D eigenvalue weighted by Crippen LogP contribution is 2.17. The number of allylic oxidation sites excluding steroid dienone is 1. The molecule has 0 bridgehead atoms. The standard InChI is InChI=1S/C15H17N7O/c1-15(2,3)18-14(23)11-6-4-5-7-12(11)17-9-10(8-16)13-19-21-22-20-13/h4-7,9,17H,1-3H3,(H,18,23)(H,19,20,21,22). The van der Waals surface area contributed by atoms with Crippen molar-refractivity contribution >= 4 is 17.2 Å². The van der Waals surface area contributed by atoms with Gasteiger partial charge in [0.2, 0.25) is 5.82 Å². The van der Waals surface area contributed by atoms with Crippen LogP contribution in [0.4, 0.5) is 5.69 Å². The predicted molar refractivity (Wildman–Crippen MR) is 85.1 cm³/mol. The summed E-state index contributed by atoms with van der Waals surface area (Å²) in [6.45, 7) is 5.72. The van der Waals surface area contributed by atoms with Crippen molar-refractivity contribution in [2.75, 3.05) is 5.32 Å². The summed E-state index contributed by atoms with van der Waals surface area (Å²) in [6.07, 6.45) is 1.44. The summed E-state index contributed by atoms with van der Waals surface area (Å²) >= 11 is 0. The molecule has 0 saturated carbocycles. The van der Waals surface area contributed by atoms with Crippen molar-refractivity contribution < 1.29 is 4.79 Å². The molecule has 2 rings (SSSR count). The fraction of sp³-hybridized carbons (Fsp3) is 0.267. The van der Waals surface area contributed by atoms with E-state index in [1.54, 1.807) is 24.3 Å². The highest BCUT2D eigenvalue weighted by molar-refractivity contribution is 6.00. The first-order valence-corrected chi connectivity index (χ1v) is 6.93. The van der Waals surface area contributed by atoms with Gasteiger partial charge in [0.05, 0.1) is 11.3 Å². The van der Waals surface area contributed by atoms with Gasteiger partial charge in [-0.2, -0.15) is 10.5 Å². The minimum absolute atomic E-state index is 0.177. The summed E-state index contributed by atoms with van der Waals surface area (Å²) in [4.78, 5) is 12.3. The summed E-state index contributed by atoms with van der Waals surface area (Å²) in [5.41, 5.74) is 0.905.